The molecule has 25 heavy (non-hydrogen) atoms. The molecule has 0 aromatic heterocycles. The Morgan fingerprint density at radius 2 is 2.04 bits per heavy atom. The summed E-state index contributed by atoms with van der Waals surface area (Å²) in [6.07, 6.45) is 1.95. The summed E-state index contributed by atoms with van der Waals surface area (Å²) in [6, 6.07) is 7.27. The first-order valence-corrected chi connectivity index (χ1v) is 8.56. The van der Waals surface area contributed by atoms with Crippen molar-refractivity contribution in [1.29, 1.82) is 0 Å². The van der Waals surface area contributed by atoms with Crippen molar-refractivity contribution in [2.75, 3.05) is 26.4 Å². The van der Waals surface area contributed by atoms with Crippen LogP contribution in [0.5, 0.6) is 5.75 Å². The highest BCUT2D eigenvalue weighted by Gasteiger charge is 2.43. The summed E-state index contributed by atoms with van der Waals surface area (Å²) >= 11 is 5.93. The molecule has 0 atom stereocenters. The van der Waals surface area contributed by atoms with Crippen LogP contribution in [0, 0.1) is 0 Å². The maximum atomic E-state index is 6.00. The Labute approximate surface area is 151 Å². The number of nitrogens with two attached hydrogens (primary N) is 2. The molecule has 9 heteroatoms. The Hall–Kier alpha value is -2.03. The van der Waals surface area contributed by atoms with Crippen molar-refractivity contribution in [3.05, 3.63) is 29.3 Å². The van der Waals surface area contributed by atoms with Crippen molar-refractivity contribution in [3.8, 4) is 5.75 Å². The number of guanidine groups is 2. The molecule has 136 valence electrons. The number of benzene rings is 1. The molecule has 1 aromatic rings. The highest BCUT2D eigenvalue weighted by molar-refractivity contribution is 6.30. The molecule has 4 N–H and O–H groups in total. The number of hydrogen-bond donors (Lipinski definition) is 2. The first-order valence-electron chi connectivity index (χ1n) is 8.18. The first-order chi connectivity index (χ1) is 12.1. The molecule has 2 aliphatic rings. The van der Waals surface area contributed by atoms with Gasteiger partial charge in [-0.3, -0.25) is 4.84 Å². The van der Waals surface area contributed by atoms with E-state index in [0.29, 0.717) is 50.7 Å². The van der Waals surface area contributed by atoms with Crippen molar-refractivity contribution >= 4 is 23.5 Å². The summed E-state index contributed by atoms with van der Waals surface area (Å²) in [5.41, 5.74) is 11.1. The molecule has 0 radical (unpaired) electrons. The molecule has 1 fully saturated rings. The molecule has 0 saturated carbocycles. The molecule has 2 heterocycles. The van der Waals surface area contributed by atoms with Gasteiger partial charge in [-0.25, -0.2) is 4.99 Å². The summed E-state index contributed by atoms with van der Waals surface area (Å²) in [6.45, 7) is 2.05. The molecule has 1 aromatic carbocycles. The number of ether oxygens (including phenoxy) is 2. The van der Waals surface area contributed by atoms with Crippen molar-refractivity contribution < 1.29 is 14.3 Å². The fraction of sp³-hybridized carbons (Fsp3) is 0.500. The standard InChI is InChI=1S/C16H22ClN5O3/c17-12-3-1-4-13(11-12)24-7-2-8-25-22-15(19)20-14(18)21-16(22)5-9-23-10-6-16/h1,3-4,11H,2,5-10H2,(H4,18,19,20,21). The minimum Gasteiger partial charge on any atom is -0.493 e. The first kappa shape index (κ1) is 17.8. The van der Waals surface area contributed by atoms with Crippen LogP contribution >= 0.6 is 11.6 Å². The molecule has 0 unspecified atom stereocenters. The van der Waals surface area contributed by atoms with E-state index in [0.717, 1.165) is 5.75 Å². The number of rotatable bonds is 6. The van der Waals surface area contributed by atoms with E-state index >= 15 is 0 Å². The zero-order valence-electron chi connectivity index (χ0n) is 13.9. The van der Waals surface area contributed by atoms with Gasteiger partial charge in [0.1, 0.15) is 5.75 Å². The number of nitrogens with zero attached hydrogens (tertiary/aromatic N) is 3. The minimum absolute atomic E-state index is 0.170. The lowest BCUT2D eigenvalue weighted by Gasteiger charge is -2.43. The molecule has 8 nitrogen and oxygen atoms in total. The van der Waals surface area contributed by atoms with Gasteiger partial charge in [-0.05, 0) is 18.2 Å². The highest BCUT2D eigenvalue weighted by Crippen LogP contribution is 2.31. The minimum atomic E-state index is -0.637. The van der Waals surface area contributed by atoms with E-state index in [1.165, 1.54) is 0 Å². The Kier molecular flexibility index (Phi) is 5.62. The SMILES string of the molecule is NC1=NC2(CCOCC2)N(OCCCOc2cccc(Cl)c2)C(N)=N1. The van der Waals surface area contributed by atoms with Gasteiger partial charge in [0.25, 0.3) is 0 Å². The molecule has 0 bridgehead atoms. The lowest BCUT2D eigenvalue weighted by atomic mass is 10.0. The van der Waals surface area contributed by atoms with Crippen molar-refractivity contribution in [2.24, 2.45) is 21.5 Å². The lowest BCUT2D eigenvalue weighted by Crippen LogP contribution is -2.59. The number of halogens is 1. The van der Waals surface area contributed by atoms with Crippen LogP contribution in [0.25, 0.3) is 0 Å². The van der Waals surface area contributed by atoms with Crippen LogP contribution in [0.15, 0.2) is 34.3 Å². The van der Waals surface area contributed by atoms with Crippen LogP contribution in [-0.2, 0) is 9.57 Å². The van der Waals surface area contributed by atoms with Gasteiger partial charge < -0.3 is 20.9 Å². The van der Waals surface area contributed by atoms with Gasteiger partial charge in [0, 0.05) is 24.3 Å². The average Bonchev–Trinajstić information content (AvgIpc) is 2.57. The van der Waals surface area contributed by atoms with Crippen LogP contribution in [-0.4, -0.2) is 49.1 Å². The molecule has 0 amide bonds. The summed E-state index contributed by atoms with van der Waals surface area (Å²) in [5.74, 6) is 1.11. The van der Waals surface area contributed by atoms with Gasteiger partial charge in [-0.1, -0.05) is 17.7 Å². The zero-order chi connectivity index (χ0) is 17.7. The highest BCUT2D eigenvalue weighted by atomic mass is 35.5. The summed E-state index contributed by atoms with van der Waals surface area (Å²) in [4.78, 5) is 14.3. The topological polar surface area (TPSA) is 108 Å². The van der Waals surface area contributed by atoms with Gasteiger partial charge in [0.2, 0.25) is 11.9 Å². The largest absolute Gasteiger partial charge is 0.493 e. The maximum Gasteiger partial charge on any atom is 0.226 e. The van der Waals surface area contributed by atoms with Crippen LogP contribution in [0.2, 0.25) is 5.02 Å². The molecule has 3 rings (SSSR count). The third-order valence-electron chi connectivity index (χ3n) is 4.01. The number of hydrogen-bond acceptors (Lipinski definition) is 8. The van der Waals surface area contributed by atoms with Gasteiger partial charge in [-0.15, -0.1) is 0 Å². The zero-order valence-corrected chi connectivity index (χ0v) is 14.6. The Bertz CT molecular complexity index is 661. The molecule has 2 aliphatic heterocycles. The number of aliphatic imine (C=N–C) groups is 2. The predicted molar refractivity (Wildman–Crippen MR) is 95.4 cm³/mol. The van der Waals surface area contributed by atoms with Gasteiger partial charge in [0.05, 0.1) is 26.4 Å². The average molecular weight is 368 g/mol. The third-order valence-corrected chi connectivity index (χ3v) is 4.24. The molecule has 0 aliphatic carbocycles. The van der Waals surface area contributed by atoms with Gasteiger partial charge >= 0.3 is 0 Å². The fourth-order valence-corrected chi connectivity index (χ4v) is 3.00. The van der Waals surface area contributed by atoms with E-state index in [2.05, 4.69) is 9.98 Å². The number of hydroxylamine groups is 2. The van der Waals surface area contributed by atoms with E-state index in [1.807, 2.05) is 12.1 Å². The quantitative estimate of drug-likeness (QED) is 0.737. The van der Waals surface area contributed by atoms with E-state index in [-0.39, 0.29) is 11.9 Å². The van der Waals surface area contributed by atoms with E-state index in [4.69, 9.17) is 37.4 Å². The summed E-state index contributed by atoms with van der Waals surface area (Å²) in [5, 5.41) is 2.20. The van der Waals surface area contributed by atoms with Crippen molar-refractivity contribution in [3.63, 3.8) is 0 Å². The molecule has 1 spiro atoms. The second-order valence-corrected chi connectivity index (χ2v) is 6.26. The van der Waals surface area contributed by atoms with E-state index in [1.54, 1.807) is 17.2 Å². The van der Waals surface area contributed by atoms with Gasteiger partial charge in [-0.2, -0.15) is 10.1 Å². The van der Waals surface area contributed by atoms with E-state index < -0.39 is 5.66 Å². The lowest BCUT2D eigenvalue weighted by molar-refractivity contribution is -0.190. The second-order valence-electron chi connectivity index (χ2n) is 5.82. The van der Waals surface area contributed by atoms with E-state index in [9.17, 15) is 0 Å². The molecular weight excluding hydrogens is 346 g/mol. The van der Waals surface area contributed by atoms with Crippen LogP contribution < -0.4 is 16.2 Å². The Balaban J connectivity index is 1.51. The predicted octanol–water partition coefficient (Wildman–Crippen LogP) is 1.49. The Morgan fingerprint density at radius 1 is 1.24 bits per heavy atom. The smallest absolute Gasteiger partial charge is 0.226 e. The molecule has 1 saturated heterocycles. The van der Waals surface area contributed by atoms with Crippen LogP contribution in [0.4, 0.5) is 0 Å². The summed E-state index contributed by atoms with van der Waals surface area (Å²) < 4.78 is 11.1. The third kappa shape index (κ3) is 4.33. The fourth-order valence-electron chi connectivity index (χ4n) is 2.82. The maximum absolute atomic E-state index is 6.00. The van der Waals surface area contributed by atoms with Gasteiger partial charge in [0.15, 0.2) is 5.66 Å². The molecular formula is C16H22ClN5O3. The van der Waals surface area contributed by atoms with Crippen LogP contribution in [0.1, 0.15) is 19.3 Å². The monoisotopic (exact) mass is 367 g/mol. The normalized spacial score (nSPS) is 19.5. The second kappa shape index (κ2) is 7.90. The van der Waals surface area contributed by atoms with Crippen LogP contribution in [0.3, 0.4) is 0 Å². The Morgan fingerprint density at radius 3 is 2.80 bits per heavy atom. The van der Waals surface area contributed by atoms with Crippen molar-refractivity contribution in [1.82, 2.24) is 5.06 Å². The van der Waals surface area contributed by atoms with Crippen molar-refractivity contribution in [2.45, 2.75) is 24.9 Å². The summed E-state index contributed by atoms with van der Waals surface area (Å²) in [7, 11) is 0.